The van der Waals surface area contributed by atoms with E-state index in [1.165, 1.54) is 0 Å². The molecule has 21 heavy (non-hydrogen) atoms. The average Bonchev–Trinajstić information content (AvgIpc) is 2.65. The third-order valence-electron chi connectivity index (χ3n) is 3.59. The van der Waals surface area contributed by atoms with Crippen molar-refractivity contribution in [3.05, 3.63) is 18.0 Å². The second-order valence-electron chi connectivity index (χ2n) is 5.68. The van der Waals surface area contributed by atoms with Gasteiger partial charge in [0.2, 0.25) is 10.0 Å². The van der Waals surface area contributed by atoms with Crippen LogP contribution in [0.2, 0.25) is 0 Å². The first-order valence-electron chi connectivity index (χ1n) is 7.38. The summed E-state index contributed by atoms with van der Waals surface area (Å²) in [6.07, 6.45) is 2.66. The molecule has 0 spiro atoms. The highest BCUT2D eigenvalue weighted by atomic mass is 32.2. The first kappa shape index (κ1) is 16.9. The fourth-order valence-electron chi connectivity index (χ4n) is 2.32. The monoisotopic (exact) mass is 331 g/mol. The molecule has 0 bridgehead atoms. The van der Waals surface area contributed by atoms with E-state index >= 15 is 0 Å². The summed E-state index contributed by atoms with van der Waals surface area (Å²) in [7, 11) is -1.46. The number of hydrogen-bond donors (Lipinski definition) is 1. The number of rotatable bonds is 5. The topological polar surface area (TPSA) is 54.3 Å². The van der Waals surface area contributed by atoms with Crippen LogP contribution in [0.4, 0.5) is 0 Å². The number of thioether (sulfide) groups is 1. The molecule has 0 atom stereocenters. The van der Waals surface area contributed by atoms with Crippen molar-refractivity contribution in [2.75, 3.05) is 24.6 Å². The maximum absolute atomic E-state index is 12.7. The highest BCUT2D eigenvalue weighted by Crippen LogP contribution is 2.21. The molecule has 0 amide bonds. The van der Waals surface area contributed by atoms with Gasteiger partial charge < -0.3 is 9.88 Å². The predicted octanol–water partition coefficient (Wildman–Crippen LogP) is 1.65. The molecule has 0 unspecified atom stereocenters. The first-order valence-corrected chi connectivity index (χ1v) is 9.97. The van der Waals surface area contributed by atoms with Gasteiger partial charge in [-0.3, -0.25) is 0 Å². The lowest BCUT2D eigenvalue weighted by Gasteiger charge is -2.18. The Morgan fingerprint density at radius 1 is 1.33 bits per heavy atom. The lowest BCUT2D eigenvalue weighted by molar-refractivity contribution is 0.435. The van der Waals surface area contributed by atoms with Crippen LogP contribution >= 0.6 is 11.8 Å². The average molecular weight is 332 g/mol. The fourth-order valence-corrected chi connectivity index (χ4v) is 4.89. The molecule has 1 aromatic heterocycles. The summed E-state index contributed by atoms with van der Waals surface area (Å²) in [6.45, 7) is 6.08. The van der Waals surface area contributed by atoms with Crippen LogP contribution in [0.15, 0.2) is 17.2 Å². The standard InChI is InChI=1S/C14H25N3O2S2/c1-12(2)15-10-13-9-14(11-16(13)3)21(18,19)17-5-4-7-20-8-6-17/h9,11-12,15H,4-8,10H2,1-3H3. The van der Waals surface area contributed by atoms with Crippen LogP contribution in [0.3, 0.4) is 0 Å². The SMILES string of the molecule is CC(C)NCc1cc(S(=O)(=O)N2CCCSCC2)cn1C. The van der Waals surface area contributed by atoms with Gasteiger partial charge in [-0.2, -0.15) is 16.1 Å². The summed E-state index contributed by atoms with van der Waals surface area (Å²) in [5.74, 6) is 1.93. The zero-order valence-corrected chi connectivity index (χ0v) is 14.6. The van der Waals surface area contributed by atoms with Crippen molar-refractivity contribution >= 4 is 21.8 Å². The largest absolute Gasteiger partial charge is 0.352 e. The second kappa shape index (κ2) is 7.17. The van der Waals surface area contributed by atoms with E-state index in [1.54, 1.807) is 16.6 Å². The predicted molar refractivity (Wildman–Crippen MR) is 88.1 cm³/mol. The van der Waals surface area contributed by atoms with Crippen molar-refractivity contribution < 1.29 is 8.42 Å². The third kappa shape index (κ3) is 4.25. The van der Waals surface area contributed by atoms with E-state index in [4.69, 9.17) is 0 Å². The molecule has 0 radical (unpaired) electrons. The van der Waals surface area contributed by atoms with E-state index in [0.717, 1.165) is 23.6 Å². The van der Waals surface area contributed by atoms with Gasteiger partial charge in [-0.1, -0.05) is 13.8 Å². The number of aryl methyl sites for hydroxylation is 1. The smallest absolute Gasteiger partial charge is 0.244 e. The van der Waals surface area contributed by atoms with Crippen molar-refractivity contribution in [3.63, 3.8) is 0 Å². The van der Waals surface area contributed by atoms with Gasteiger partial charge in [-0.05, 0) is 18.2 Å². The molecule has 1 aromatic rings. The molecule has 2 heterocycles. The van der Waals surface area contributed by atoms with E-state index < -0.39 is 10.0 Å². The Morgan fingerprint density at radius 3 is 2.81 bits per heavy atom. The summed E-state index contributed by atoms with van der Waals surface area (Å²) < 4.78 is 29.0. The zero-order valence-electron chi connectivity index (χ0n) is 13.0. The van der Waals surface area contributed by atoms with Gasteiger partial charge in [0, 0.05) is 50.4 Å². The molecule has 120 valence electrons. The number of nitrogens with zero attached hydrogens (tertiary/aromatic N) is 2. The van der Waals surface area contributed by atoms with Crippen LogP contribution in [0.25, 0.3) is 0 Å². The minimum atomic E-state index is -3.35. The van der Waals surface area contributed by atoms with Gasteiger partial charge in [0.05, 0.1) is 0 Å². The van der Waals surface area contributed by atoms with E-state index in [0.29, 0.717) is 30.6 Å². The van der Waals surface area contributed by atoms with E-state index in [-0.39, 0.29) is 0 Å². The van der Waals surface area contributed by atoms with E-state index in [2.05, 4.69) is 19.2 Å². The molecule has 1 aliphatic rings. The first-order chi connectivity index (χ1) is 9.91. The van der Waals surface area contributed by atoms with Crippen molar-refractivity contribution in [3.8, 4) is 0 Å². The number of sulfonamides is 1. The molecule has 1 aliphatic heterocycles. The molecular weight excluding hydrogens is 306 g/mol. The van der Waals surface area contributed by atoms with Crippen LogP contribution in [-0.2, 0) is 23.6 Å². The number of hydrogen-bond acceptors (Lipinski definition) is 4. The minimum Gasteiger partial charge on any atom is -0.352 e. The summed E-state index contributed by atoms with van der Waals surface area (Å²) in [5, 5.41) is 3.32. The van der Waals surface area contributed by atoms with Crippen LogP contribution in [-0.4, -0.2) is 47.9 Å². The Hall–Kier alpha value is -0.500. The highest BCUT2D eigenvalue weighted by Gasteiger charge is 2.26. The summed E-state index contributed by atoms with van der Waals surface area (Å²) in [5.41, 5.74) is 0.992. The van der Waals surface area contributed by atoms with Crippen molar-refractivity contribution in [2.45, 2.75) is 37.8 Å². The maximum Gasteiger partial charge on any atom is 0.244 e. The zero-order chi connectivity index (χ0) is 15.5. The molecule has 7 heteroatoms. The number of nitrogens with one attached hydrogen (secondary N) is 1. The Morgan fingerprint density at radius 2 is 2.10 bits per heavy atom. The quantitative estimate of drug-likeness (QED) is 0.891. The Labute approximate surface area is 132 Å². The van der Waals surface area contributed by atoms with Crippen LogP contribution < -0.4 is 5.32 Å². The van der Waals surface area contributed by atoms with Gasteiger partial charge in [-0.25, -0.2) is 8.42 Å². The highest BCUT2D eigenvalue weighted by molar-refractivity contribution is 7.99. The lowest BCUT2D eigenvalue weighted by Crippen LogP contribution is -2.32. The van der Waals surface area contributed by atoms with Crippen molar-refractivity contribution in [2.24, 2.45) is 7.05 Å². The minimum absolute atomic E-state index is 0.377. The maximum atomic E-state index is 12.7. The Bertz CT molecular complexity index is 559. The van der Waals surface area contributed by atoms with Crippen molar-refractivity contribution in [1.82, 2.24) is 14.2 Å². The Balaban J connectivity index is 2.17. The van der Waals surface area contributed by atoms with Crippen LogP contribution in [0, 0.1) is 0 Å². The molecular formula is C14H25N3O2S2. The van der Waals surface area contributed by atoms with Gasteiger partial charge in [0.25, 0.3) is 0 Å². The molecule has 0 aromatic carbocycles. The molecule has 5 nitrogen and oxygen atoms in total. The summed E-state index contributed by atoms with van der Waals surface area (Å²) in [4.78, 5) is 0.414. The second-order valence-corrected chi connectivity index (χ2v) is 8.85. The van der Waals surface area contributed by atoms with E-state index in [9.17, 15) is 8.42 Å². The van der Waals surface area contributed by atoms with Gasteiger partial charge >= 0.3 is 0 Å². The molecule has 1 fully saturated rings. The van der Waals surface area contributed by atoms with Gasteiger partial charge in [-0.15, -0.1) is 0 Å². The molecule has 2 rings (SSSR count). The third-order valence-corrected chi connectivity index (χ3v) is 6.51. The molecule has 1 saturated heterocycles. The normalized spacial score (nSPS) is 18.1. The van der Waals surface area contributed by atoms with Crippen molar-refractivity contribution in [1.29, 1.82) is 0 Å². The summed E-state index contributed by atoms with van der Waals surface area (Å²) >= 11 is 1.83. The lowest BCUT2D eigenvalue weighted by atomic mass is 10.3. The fraction of sp³-hybridized carbons (Fsp3) is 0.714. The molecule has 0 saturated carbocycles. The van der Waals surface area contributed by atoms with E-state index in [1.807, 2.05) is 23.4 Å². The molecule has 0 aliphatic carbocycles. The van der Waals surface area contributed by atoms with Gasteiger partial charge in [0.1, 0.15) is 4.90 Å². The van der Waals surface area contributed by atoms with Crippen LogP contribution in [0.1, 0.15) is 26.0 Å². The Kier molecular flexibility index (Phi) is 5.76. The van der Waals surface area contributed by atoms with Gasteiger partial charge in [0.15, 0.2) is 0 Å². The molecule has 1 N–H and O–H groups in total. The van der Waals surface area contributed by atoms with Crippen LogP contribution in [0.5, 0.6) is 0 Å². The number of aromatic nitrogens is 1. The summed E-state index contributed by atoms with van der Waals surface area (Å²) in [6, 6.07) is 2.17.